The van der Waals surface area contributed by atoms with Crippen LogP contribution in [0.5, 0.6) is 0 Å². The lowest BCUT2D eigenvalue weighted by atomic mass is 9.84. The fourth-order valence-electron chi connectivity index (χ4n) is 5.10. The van der Waals surface area contributed by atoms with Crippen molar-refractivity contribution in [2.45, 2.75) is 76.8 Å². The molecule has 0 spiro atoms. The maximum atomic E-state index is 11.5. The molecule has 2 bridgehead atoms. The van der Waals surface area contributed by atoms with Gasteiger partial charge in [-0.1, -0.05) is 31.1 Å². The number of aryl methyl sites for hydroxylation is 1. The number of benzene rings is 1. The molecule has 0 aliphatic carbocycles. The third kappa shape index (κ3) is 4.69. The van der Waals surface area contributed by atoms with Gasteiger partial charge >= 0.3 is 0 Å². The van der Waals surface area contributed by atoms with Gasteiger partial charge in [0.05, 0.1) is 0 Å². The van der Waals surface area contributed by atoms with Crippen LogP contribution in [-0.4, -0.2) is 39.6 Å². The van der Waals surface area contributed by atoms with Crippen molar-refractivity contribution in [3.8, 4) is 0 Å². The Morgan fingerprint density at radius 1 is 1.28 bits per heavy atom. The second-order valence-corrected chi connectivity index (χ2v) is 9.09. The first-order valence-electron chi connectivity index (χ1n) is 11.0. The number of primary amides is 1. The highest BCUT2D eigenvalue weighted by Crippen LogP contribution is 2.43. The molecule has 2 unspecified atom stereocenters. The molecule has 2 aromatic rings. The second kappa shape index (κ2) is 8.66. The molecule has 3 heterocycles. The van der Waals surface area contributed by atoms with Gasteiger partial charge in [-0.2, -0.15) is 4.98 Å². The highest BCUT2D eigenvalue weighted by atomic mass is 16.5. The van der Waals surface area contributed by atoms with Gasteiger partial charge in [0.1, 0.15) is 0 Å². The predicted octanol–water partition coefficient (Wildman–Crippen LogP) is 3.71. The smallest absolute Gasteiger partial charge is 0.248 e. The molecular weight excluding hydrogens is 364 g/mol. The van der Waals surface area contributed by atoms with E-state index in [1.54, 1.807) is 6.07 Å². The van der Waals surface area contributed by atoms with Crippen LogP contribution in [0.3, 0.4) is 0 Å². The van der Waals surface area contributed by atoms with Gasteiger partial charge in [0, 0.05) is 30.5 Å². The summed E-state index contributed by atoms with van der Waals surface area (Å²) < 4.78 is 5.35. The van der Waals surface area contributed by atoms with E-state index in [-0.39, 0.29) is 5.91 Å². The SMILES string of the molecule is CC(C)Cc1nc(CCCN2C3CCC2CC(c2cccc(C(N)=O)c2)C3)no1. The molecule has 2 atom stereocenters. The Hall–Kier alpha value is -2.21. The summed E-state index contributed by atoms with van der Waals surface area (Å²) in [5.74, 6) is 2.31. The number of amides is 1. The first kappa shape index (κ1) is 20.1. The van der Waals surface area contributed by atoms with Crippen molar-refractivity contribution >= 4 is 5.91 Å². The topological polar surface area (TPSA) is 85.3 Å². The molecule has 0 radical (unpaired) electrons. The van der Waals surface area contributed by atoms with Crippen LogP contribution in [0.1, 0.15) is 79.5 Å². The first-order chi connectivity index (χ1) is 14.0. The second-order valence-electron chi connectivity index (χ2n) is 9.09. The van der Waals surface area contributed by atoms with Gasteiger partial charge in [0.2, 0.25) is 11.8 Å². The third-order valence-electron chi connectivity index (χ3n) is 6.44. The van der Waals surface area contributed by atoms with Crippen LogP contribution in [-0.2, 0) is 12.8 Å². The van der Waals surface area contributed by atoms with Crippen molar-refractivity contribution in [3.63, 3.8) is 0 Å². The van der Waals surface area contributed by atoms with Crippen molar-refractivity contribution in [2.24, 2.45) is 11.7 Å². The zero-order valence-corrected chi connectivity index (χ0v) is 17.5. The molecule has 29 heavy (non-hydrogen) atoms. The molecular formula is C23H32N4O2. The van der Waals surface area contributed by atoms with Crippen molar-refractivity contribution < 1.29 is 9.32 Å². The summed E-state index contributed by atoms with van der Waals surface area (Å²) in [6.07, 6.45) is 7.67. The van der Waals surface area contributed by atoms with Crippen LogP contribution in [0.4, 0.5) is 0 Å². The minimum Gasteiger partial charge on any atom is -0.366 e. The quantitative estimate of drug-likeness (QED) is 0.735. The summed E-state index contributed by atoms with van der Waals surface area (Å²) in [7, 11) is 0. The Morgan fingerprint density at radius 2 is 2.03 bits per heavy atom. The van der Waals surface area contributed by atoms with Gasteiger partial charge in [0.15, 0.2) is 5.82 Å². The number of piperidine rings is 1. The van der Waals surface area contributed by atoms with E-state index in [0.717, 1.165) is 37.5 Å². The number of hydrogen-bond acceptors (Lipinski definition) is 5. The summed E-state index contributed by atoms with van der Waals surface area (Å²) in [4.78, 5) is 18.7. The van der Waals surface area contributed by atoms with Gasteiger partial charge in [-0.25, -0.2) is 0 Å². The van der Waals surface area contributed by atoms with Crippen LogP contribution in [0, 0.1) is 5.92 Å². The highest BCUT2D eigenvalue weighted by Gasteiger charge is 2.40. The molecule has 6 nitrogen and oxygen atoms in total. The standard InChI is InChI=1S/C23H32N4O2/c1-15(2)11-22-25-21(26-29-22)7-4-10-27-19-8-9-20(27)14-18(13-19)16-5-3-6-17(12-16)23(24)28/h3,5-6,12,15,18-20H,4,7-11,13-14H2,1-2H3,(H2,24,28). The maximum Gasteiger partial charge on any atom is 0.248 e. The largest absolute Gasteiger partial charge is 0.366 e. The van der Waals surface area contributed by atoms with Crippen LogP contribution in [0.2, 0.25) is 0 Å². The van der Waals surface area contributed by atoms with Gasteiger partial charge in [-0.05, 0) is 68.2 Å². The van der Waals surface area contributed by atoms with Crippen molar-refractivity contribution in [1.82, 2.24) is 15.0 Å². The summed E-state index contributed by atoms with van der Waals surface area (Å²) in [6, 6.07) is 9.18. The fraction of sp³-hybridized carbons (Fsp3) is 0.609. The van der Waals surface area contributed by atoms with Gasteiger partial charge in [-0.15, -0.1) is 0 Å². The van der Waals surface area contributed by atoms with Crippen molar-refractivity contribution in [1.29, 1.82) is 0 Å². The summed E-state index contributed by atoms with van der Waals surface area (Å²) in [5.41, 5.74) is 7.35. The molecule has 6 heteroatoms. The lowest BCUT2D eigenvalue weighted by molar-refractivity contribution is 0.1000. The van der Waals surface area contributed by atoms with Crippen molar-refractivity contribution in [2.75, 3.05) is 6.54 Å². The minimum atomic E-state index is -0.342. The summed E-state index contributed by atoms with van der Waals surface area (Å²) in [5, 5.41) is 4.14. The number of nitrogens with zero attached hydrogens (tertiary/aromatic N) is 3. The van der Waals surface area contributed by atoms with Crippen LogP contribution in [0.25, 0.3) is 0 Å². The Kier molecular flexibility index (Phi) is 5.99. The van der Waals surface area contributed by atoms with E-state index < -0.39 is 0 Å². The highest BCUT2D eigenvalue weighted by molar-refractivity contribution is 5.92. The number of aromatic nitrogens is 2. The fourth-order valence-corrected chi connectivity index (χ4v) is 5.10. The molecule has 1 amide bonds. The van der Waals surface area contributed by atoms with E-state index in [1.807, 2.05) is 12.1 Å². The number of carbonyl (C=O) groups is 1. The number of hydrogen-bond donors (Lipinski definition) is 1. The van der Waals surface area contributed by atoms with E-state index in [1.165, 1.54) is 31.2 Å². The van der Waals surface area contributed by atoms with Gasteiger partial charge in [0.25, 0.3) is 0 Å². The monoisotopic (exact) mass is 396 g/mol. The maximum absolute atomic E-state index is 11.5. The molecule has 2 saturated heterocycles. The predicted molar refractivity (Wildman–Crippen MR) is 112 cm³/mol. The zero-order valence-electron chi connectivity index (χ0n) is 17.5. The first-order valence-corrected chi connectivity index (χ1v) is 11.0. The van der Waals surface area contributed by atoms with E-state index in [9.17, 15) is 4.79 Å². The lowest BCUT2D eigenvalue weighted by Crippen LogP contribution is -2.42. The van der Waals surface area contributed by atoms with E-state index >= 15 is 0 Å². The normalized spacial score (nSPS) is 24.3. The molecule has 2 aliphatic heterocycles. The Bertz CT molecular complexity index is 833. The van der Waals surface area contributed by atoms with Crippen molar-refractivity contribution in [3.05, 3.63) is 47.1 Å². The number of fused-ring (bicyclic) bond motifs is 2. The van der Waals surface area contributed by atoms with Crippen LogP contribution in [0.15, 0.2) is 28.8 Å². The number of rotatable bonds is 8. The summed E-state index contributed by atoms with van der Waals surface area (Å²) in [6.45, 7) is 5.41. The summed E-state index contributed by atoms with van der Waals surface area (Å²) >= 11 is 0. The third-order valence-corrected chi connectivity index (χ3v) is 6.44. The molecule has 1 aromatic heterocycles. The minimum absolute atomic E-state index is 0.342. The lowest BCUT2D eigenvalue weighted by Gasteiger charge is -2.39. The molecule has 2 aliphatic rings. The zero-order chi connectivity index (χ0) is 20.4. The van der Waals surface area contributed by atoms with E-state index in [0.29, 0.717) is 29.5 Å². The van der Waals surface area contributed by atoms with Crippen LogP contribution >= 0.6 is 0 Å². The average Bonchev–Trinajstić information content (AvgIpc) is 3.21. The molecule has 156 valence electrons. The van der Waals surface area contributed by atoms with Gasteiger partial charge in [-0.3, -0.25) is 9.69 Å². The van der Waals surface area contributed by atoms with E-state index in [4.69, 9.17) is 10.3 Å². The molecule has 2 fully saturated rings. The Balaban J connectivity index is 1.31. The van der Waals surface area contributed by atoms with E-state index in [2.05, 4.69) is 35.0 Å². The molecule has 4 rings (SSSR count). The molecule has 1 aromatic carbocycles. The Morgan fingerprint density at radius 3 is 2.72 bits per heavy atom. The number of nitrogens with two attached hydrogens (primary N) is 1. The van der Waals surface area contributed by atoms with Crippen LogP contribution < -0.4 is 5.73 Å². The Labute approximate surface area is 172 Å². The number of carbonyl (C=O) groups excluding carboxylic acids is 1. The molecule has 0 saturated carbocycles. The van der Waals surface area contributed by atoms with Gasteiger partial charge < -0.3 is 10.3 Å². The average molecular weight is 397 g/mol. The molecule has 2 N–H and O–H groups in total.